The van der Waals surface area contributed by atoms with Crippen LogP contribution in [0.5, 0.6) is 0 Å². The minimum atomic E-state index is -0.190. The number of hydrogen-bond acceptors (Lipinski definition) is 5. The number of aromatic nitrogens is 1. The van der Waals surface area contributed by atoms with E-state index in [1.165, 1.54) is 0 Å². The molecule has 2 aromatic carbocycles. The highest BCUT2D eigenvalue weighted by molar-refractivity contribution is 5.82. The third-order valence-corrected chi connectivity index (χ3v) is 5.94. The van der Waals surface area contributed by atoms with Crippen molar-refractivity contribution in [2.75, 3.05) is 26.2 Å². The number of hydrogen-bond donors (Lipinski definition) is 1. The normalized spacial score (nSPS) is 16.4. The molecule has 1 aromatic heterocycles. The largest absolute Gasteiger partial charge is 0.360 e. The van der Waals surface area contributed by atoms with Crippen LogP contribution in [0.4, 0.5) is 0 Å². The second kappa shape index (κ2) is 9.90. The Kier molecular flexibility index (Phi) is 6.79. The smallest absolute Gasteiger partial charge is 0.237 e. The van der Waals surface area contributed by atoms with Gasteiger partial charge in [0.25, 0.3) is 0 Å². The van der Waals surface area contributed by atoms with Gasteiger partial charge in [0.1, 0.15) is 0 Å². The minimum absolute atomic E-state index is 0.0528. The highest BCUT2D eigenvalue weighted by Crippen LogP contribution is 2.22. The van der Waals surface area contributed by atoms with Crippen LogP contribution < -0.4 is 5.32 Å². The van der Waals surface area contributed by atoms with Crippen LogP contribution in [0.2, 0.25) is 0 Å². The van der Waals surface area contributed by atoms with E-state index < -0.39 is 0 Å². The van der Waals surface area contributed by atoms with Gasteiger partial charge in [0, 0.05) is 32.2 Å². The van der Waals surface area contributed by atoms with E-state index in [2.05, 4.69) is 44.5 Å². The van der Waals surface area contributed by atoms with Crippen LogP contribution >= 0.6 is 0 Å². The van der Waals surface area contributed by atoms with Crippen LogP contribution in [0, 0.1) is 6.92 Å². The summed E-state index contributed by atoms with van der Waals surface area (Å²) in [6, 6.07) is 21.9. The van der Waals surface area contributed by atoms with E-state index in [0.717, 1.165) is 55.3 Å². The lowest BCUT2D eigenvalue weighted by Crippen LogP contribution is -2.54. The molecule has 3 aromatic rings. The highest BCUT2D eigenvalue weighted by atomic mass is 16.5. The fourth-order valence-corrected chi connectivity index (χ4v) is 4.10. The Balaban J connectivity index is 1.37. The zero-order valence-corrected chi connectivity index (χ0v) is 18.2. The van der Waals surface area contributed by atoms with Gasteiger partial charge in [0.05, 0.1) is 24.3 Å². The maximum atomic E-state index is 13.2. The van der Waals surface area contributed by atoms with Gasteiger partial charge >= 0.3 is 0 Å². The lowest BCUT2D eigenvalue weighted by atomic mass is 9.98. The topological polar surface area (TPSA) is 61.6 Å². The van der Waals surface area contributed by atoms with Crippen LogP contribution in [-0.2, 0) is 11.3 Å². The van der Waals surface area contributed by atoms with E-state index in [0.29, 0.717) is 0 Å². The van der Waals surface area contributed by atoms with E-state index in [1.54, 1.807) is 0 Å². The SMILES string of the molecule is Cc1cc(CN2CCN(C(C)C(=O)NC(c3ccccc3)c3ccccc3)CC2)on1. The van der Waals surface area contributed by atoms with Crippen molar-refractivity contribution in [3.05, 3.63) is 89.3 Å². The summed E-state index contributed by atoms with van der Waals surface area (Å²) in [6.45, 7) is 8.20. The number of nitrogens with zero attached hydrogens (tertiary/aromatic N) is 3. The van der Waals surface area contributed by atoms with Crippen molar-refractivity contribution in [1.29, 1.82) is 0 Å². The lowest BCUT2D eigenvalue weighted by Gasteiger charge is -2.37. The number of piperazine rings is 1. The summed E-state index contributed by atoms with van der Waals surface area (Å²) in [6.07, 6.45) is 0. The molecule has 162 valence electrons. The molecule has 1 amide bonds. The first-order chi connectivity index (χ1) is 15.1. The quantitative estimate of drug-likeness (QED) is 0.637. The number of rotatable bonds is 7. The Morgan fingerprint density at radius 1 is 1.00 bits per heavy atom. The monoisotopic (exact) mass is 418 g/mol. The minimum Gasteiger partial charge on any atom is -0.360 e. The van der Waals surface area contributed by atoms with Crippen molar-refractivity contribution >= 4 is 5.91 Å². The Morgan fingerprint density at radius 2 is 1.58 bits per heavy atom. The number of carbonyl (C=O) groups is 1. The molecule has 1 fully saturated rings. The van der Waals surface area contributed by atoms with Crippen molar-refractivity contribution in [3.63, 3.8) is 0 Å². The summed E-state index contributed by atoms with van der Waals surface area (Å²) < 4.78 is 5.34. The molecule has 1 N–H and O–H groups in total. The molecule has 1 atom stereocenters. The van der Waals surface area contributed by atoms with Crippen LogP contribution in [-0.4, -0.2) is 53.1 Å². The Bertz CT molecular complexity index is 926. The van der Waals surface area contributed by atoms with Gasteiger partial charge in [0.15, 0.2) is 5.76 Å². The van der Waals surface area contributed by atoms with E-state index >= 15 is 0 Å². The van der Waals surface area contributed by atoms with E-state index in [-0.39, 0.29) is 18.0 Å². The van der Waals surface area contributed by atoms with Crippen molar-refractivity contribution in [1.82, 2.24) is 20.3 Å². The molecule has 1 aliphatic rings. The van der Waals surface area contributed by atoms with Gasteiger partial charge in [-0.05, 0) is 25.0 Å². The molecule has 1 aliphatic heterocycles. The van der Waals surface area contributed by atoms with Gasteiger partial charge in [-0.25, -0.2) is 0 Å². The molecule has 0 bridgehead atoms. The maximum Gasteiger partial charge on any atom is 0.237 e. The molecule has 0 aliphatic carbocycles. The van der Waals surface area contributed by atoms with Crippen LogP contribution in [0.1, 0.15) is 35.5 Å². The summed E-state index contributed by atoms with van der Waals surface area (Å²) >= 11 is 0. The third-order valence-electron chi connectivity index (χ3n) is 5.94. The number of nitrogens with one attached hydrogen (secondary N) is 1. The molecule has 0 spiro atoms. The molecule has 0 radical (unpaired) electrons. The van der Waals surface area contributed by atoms with Gasteiger partial charge in [-0.15, -0.1) is 0 Å². The Morgan fingerprint density at radius 3 is 2.10 bits per heavy atom. The van der Waals surface area contributed by atoms with Gasteiger partial charge in [0.2, 0.25) is 5.91 Å². The van der Waals surface area contributed by atoms with Crippen molar-refractivity contribution in [2.45, 2.75) is 32.5 Å². The lowest BCUT2D eigenvalue weighted by molar-refractivity contribution is -0.127. The first-order valence-corrected chi connectivity index (χ1v) is 10.9. The summed E-state index contributed by atoms with van der Waals surface area (Å²) in [7, 11) is 0. The van der Waals surface area contributed by atoms with Crippen molar-refractivity contribution in [2.24, 2.45) is 0 Å². The fraction of sp³-hybridized carbons (Fsp3) is 0.360. The standard InChI is InChI=1S/C25H30N4O2/c1-19-17-23(31-27-19)18-28-13-15-29(16-14-28)20(2)25(30)26-24(21-9-5-3-6-10-21)22-11-7-4-8-12-22/h3-12,17,20,24H,13-16,18H2,1-2H3,(H,26,30). The van der Waals surface area contributed by atoms with Gasteiger partial charge in [-0.2, -0.15) is 0 Å². The predicted octanol–water partition coefficient (Wildman–Crippen LogP) is 3.39. The van der Waals surface area contributed by atoms with Gasteiger partial charge in [-0.1, -0.05) is 65.8 Å². The predicted molar refractivity (Wildman–Crippen MR) is 120 cm³/mol. The average molecular weight is 419 g/mol. The number of carbonyl (C=O) groups excluding carboxylic acids is 1. The van der Waals surface area contributed by atoms with E-state index in [4.69, 9.17) is 4.52 Å². The molecule has 6 heteroatoms. The molecule has 1 saturated heterocycles. The Labute approximate surface area is 183 Å². The molecular formula is C25H30N4O2. The molecule has 2 heterocycles. The molecule has 31 heavy (non-hydrogen) atoms. The van der Waals surface area contributed by atoms with E-state index in [1.807, 2.05) is 56.3 Å². The average Bonchev–Trinajstić information content (AvgIpc) is 3.23. The number of benzene rings is 2. The summed E-state index contributed by atoms with van der Waals surface area (Å²) in [4.78, 5) is 17.8. The summed E-state index contributed by atoms with van der Waals surface area (Å²) in [5, 5.41) is 7.24. The van der Waals surface area contributed by atoms with E-state index in [9.17, 15) is 4.79 Å². The van der Waals surface area contributed by atoms with Crippen LogP contribution in [0.15, 0.2) is 71.3 Å². The van der Waals surface area contributed by atoms with Gasteiger partial charge in [-0.3, -0.25) is 14.6 Å². The van der Waals surface area contributed by atoms with Crippen molar-refractivity contribution in [3.8, 4) is 0 Å². The first-order valence-electron chi connectivity index (χ1n) is 10.9. The molecule has 0 saturated carbocycles. The second-order valence-corrected chi connectivity index (χ2v) is 8.19. The third kappa shape index (κ3) is 5.40. The first kappa shape index (κ1) is 21.3. The molecule has 6 nitrogen and oxygen atoms in total. The summed E-state index contributed by atoms with van der Waals surface area (Å²) in [5.41, 5.74) is 3.08. The number of aryl methyl sites for hydroxylation is 1. The Hall–Kier alpha value is -2.96. The molecule has 4 rings (SSSR count). The van der Waals surface area contributed by atoms with Crippen LogP contribution in [0.25, 0.3) is 0 Å². The zero-order valence-electron chi connectivity index (χ0n) is 18.2. The zero-order chi connectivity index (χ0) is 21.6. The maximum absolute atomic E-state index is 13.2. The molecular weight excluding hydrogens is 388 g/mol. The second-order valence-electron chi connectivity index (χ2n) is 8.19. The highest BCUT2D eigenvalue weighted by Gasteiger charge is 2.28. The fourth-order valence-electron chi connectivity index (χ4n) is 4.10. The van der Waals surface area contributed by atoms with Gasteiger partial charge < -0.3 is 9.84 Å². The summed E-state index contributed by atoms with van der Waals surface area (Å²) in [5.74, 6) is 0.947. The number of amides is 1. The molecule has 1 unspecified atom stereocenters. The van der Waals surface area contributed by atoms with Crippen molar-refractivity contribution < 1.29 is 9.32 Å². The van der Waals surface area contributed by atoms with Crippen LogP contribution in [0.3, 0.4) is 0 Å².